The van der Waals surface area contributed by atoms with Gasteiger partial charge in [-0.2, -0.15) is 0 Å². The molecule has 1 unspecified atom stereocenters. The Morgan fingerprint density at radius 1 is 1.20 bits per heavy atom. The van der Waals surface area contributed by atoms with E-state index in [1.165, 1.54) is 5.57 Å². The van der Waals surface area contributed by atoms with E-state index in [4.69, 9.17) is 4.74 Å². The molecule has 1 atom stereocenters. The Bertz CT molecular complexity index is 545. The predicted octanol–water partition coefficient (Wildman–Crippen LogP) is 4.19. The molecule has 106 valence electrons. The third-order valence-corrected chi connectivity index (χ3v) is 3.62. The zero-order valence-corrected chi connectivity index (χ0v) is 12.6. The van der Waals surface area contributed by atoms with E-state index >= 15 is 0 Å². The monoisotopic (exact) mass is 270 g/mol. The molecule has 0 fully saturated rings. The van der Waals surface area contributed by atoms with Crippen LogP contribution in [0.15, 0.2) is 53.6 Å². The largest absolute Gasteiger partial charge is 0.373 e. The van der Waals surface area contributed by atoms with Crippen molar-refractivity contribution in [2.24, 2.45) is 5.41 Å². The zero-order valence-electron chi connectivity index (χ0n) is 12.6. The van der Waals surface area contributed by atoms with Crippen molar-refractivity contribution in [1.29, 1.82) is 0 Å². The Morgan fingerprint density at radius 2 is 1.85 bits per heavy atom. The number of benzene rings is 1. The fourth-order valence-corrected chi connectivity index (χ4v) is 2.35. The highest BCUT2D eigenvalue weighted by Gasteiger charge is 2.26. The zero-order chi connectivity index (χ0) is 14.8. The summed E-state index contributed by atoms with van der Waals surface area (Å²) in [6.07, 6.45) is 4.58. The Hall–Kier alpha value is -1.67. The highest BCUT2D eigenvalue weighted by molar-refractivity contribution is 5.97. The molecule has 20 heavy (non-hydrogen) atoms. The number of hydrogen-bond acceptors (Lipinski definition) is 2. The summed E-state index contributed by atoms with van der Waals surface area (Å²) in [6.45, 7) is 6.51. The van der Waals surface area contributed by atoms with Gasteiger partial charge < -0.3 is 4.74 Å². The number of Topliss-reactive ketones (excluding diaryl/α,β-unsaturated/α-hetero) is 1. The molecular formula is C18H22O2. The van der Waals surface area contributed by atoms with Crippen LogP contribution in [0.4, 0.5) is 0 Å². The van der Waals surface area contributed by atoms with E-state index < -0.39 is 0 Å². The summed E-state index contributed by atoms with van der Waals surface area (Å²) in [5.74, 6) is 0.141. The molecule has 2 rings (SSSR count). The standard InChI is InChI=1S/C18H22O2/c1-18(2,3)15-10-14(17(12-15)20-4)11-16(19)13-8-6-5-7-9-13/h5-10,12,17H,11H2,1-4H3. The molecule has 0 bridgehead atoms. The van der Waals surface area contributed by atoms with Crippen LogP contribution < -0.4 is 0 Å². The minimum Gasteiger partial charge on any atom is -0.373 e. The molecule has 0 saturated heterocycles. The Kier molecular flexibility index (Phi) is 4.24. The van der Waals surface area contributed by atoms with E-state index in [-0.39, 0.29) is 17.3 Å². The molecule has 1 aromatic carbocycles. The summed E-state index contributed by atoms with van der Waals surface area (Å²) in [4.78, 5) is 12.3. The number of carbonyl (C=O) groups excluding carboxylic acids is 1. The third kappa shape index (κ3) is 3.26. The van der Waals surface area contributed by atoms with Crippen molar-refractivity contribution in [2.75, 3.05) is 7.11 Å². The first-order chi connectivity index (χ1) is 9.41. The first-order valence-electron chi connectivity index (χ1n) is 6.95. The van der Waals surface area contributed by atoms with E-state index in [0.717, 1.165) is 11.1 Å². The maximum absolute atomic E-state index is 12.3. The number of ketones is 1. The second-order valence-electron chi connectivity index (χ2n) is 6.21. The smallest absolute Gasteiger partial charge is 0.167 e. The summed E-state index contributed by atoms with van der Waals surface area (Å²) in [6, 6.07) is 9.42. The van der Waals surface area contributed by atoms with Gasteiger partial charge in [-0.3, -0.25) is 4.79 Å². The van der Waals surface area contributed by atoms with Crippen LogP contribution in [0.2, 0.25) is 0 Å². The second kappa shape index (κ2) is 5.76. The Balaban J connectivity index is 2.16. The molecule has 0 heterocycles. The maximum Gasteiger partial charge on any atom is 0.167 e. The van der Waals surface area contributed by atoms with Crippen LogP contribution in [0.5, 0.6) is 0 Å². The highest BCUT2D eigenvalue weighted by atomic mass is 16.5. The average Bonchev–Trinajstić information content (AvgIpc) is 2.82. The molecule has 0 radical (unpaired) electrons. The average molecular weight is 270 g/mol. The number of rotatable bonds is 4. The van der Waals surface area contributed by atoms with Crippen molar-refractivity contribution < 1.29 is 9.53 Å². The van der Waals surface area contributed by atoms with Gasteiger partial charge in [-0.1, -0.05) is 57.2 Å². The highest BCUT2D eigenvalue weighted by Crippen LogP contribution is 2.35. The van der Waals surface area contributed by atoms with E-state index in [2.05, 4.69) is 32.9 Å². The van der Waals surface area contributed by atoms with Gasteiger partial charge in [0.1, 0.15) is 0 Å². The van der Waals surface area contributed by atoms with Crippen molar-refractivity contribution in [1.82, 2.24) is 0 Å². The molecule has 1 aromatic rings. The predicted molar refractivity (Wildman–Crippen MR) is 81.8 cm³/mol. The van der Waals surface area contributed by atoms with Crippen LogP contribution in [-0.2, 0) is 4.74 Å². The van der Waals surface area contributed by atoms with Crippen molar-refractivity contribution in [3.63, 3.8) is 0 Å². The number of allylic oxidation sites excluding steroid dienone is 2. The number of carbonyl (C=O) groups is 1. The minimum absolute atomic E-state index is 0.0723. The lowest BCUT2D eigenvalue weighted by Gasteiger charge is -2.18. The Morgan fingerprint density at radius 3 is 2.40 bits per heavy atom. The quantitative estimate of drug-likeness (QED) is 0.767. The van der Waals surface area contributed by atoms with Gasteiger partial charge in [0.05, 0.1) is 6.10 Å². The molecular weight excluding hydrogens is 248 g/mol. The summed E-state index contributed by atoms with van der Waals surface area (Å²) in [5.41, 5.74) is 3.12. The lowest BCUT2D eigenvalue weighted by molar-refractivity contribution is 0.0978. The lowest BCUT2D eigenvalue weighted by atomic mass is 9.87. The summed E-state index contributed by atoms with van der Waals surface area (Å²) in [7, 11) is 1.69. The molecule has 1 aliphatic carbocycles. The van der Waals surface area contributed by atoms with Crippen LogP contribution in [0, 0.1) is 5.41 Å². The van der Waals surface area contributed by atoms with Crippen LogP contribution in [0.3, 0.4) is 0 Å². The molecule has 0 aliphatic heterocycles. The normalized spacial score (nSPS) is 18.7. The van der Waals surface area contributed by atoms with Gasteiger partial charge in [0, 0.05) is 19.1 Å². The fraction of sp³-hybridized carbons (Fsp3) is 0.389. The third-order valence-electron chi connectivity index (χ3n) is 3.62. The lowest BCUT2D eigenvalue weighted by Crippen LogP contribution is -2.12. The van der Waals surface area contributed by atoms with Gasteiger partial charge in [-0.15, -0.1) is 0 Å². The first-order valence-corrected chi connectivity index (χ1v) is 6.95. The fourth-order valence-electron chi connectivity index (χ4n) is 2.35. The SMILES string of the molecule is COC1C=C(C(C)(C)C)C=C1CC(=O)c1ccccc1. The Labute approximate surface area is 121 Å². The number of hydrogen-bond donors (Lipinski definition) is 0. The second-order valence-corrected chi connectivity index (χ2v) is 6.21. The maximum atomic E-state index is 12.3. The van der Waals surface area contributed by atoms with Crippen molar-refractivity contribution >= 4 is 5.78 Å². The van der Waals surface area contributed by atoms with Crippen molar-refractivity contribution in [3.8, 4) is 0 Å². The van der Waals surface area contributed by atoms with E-state index in [9.17, 15) is 4.79 Å². The summed E-state index contributed by atoms with van der Waals surface area (Å²) < 4.78 is 5.49. The molecule has 2 heteroatoms. The first kappa shape index (κ1) is 14.7. The van der Waals surface area contributed by atoms with Gasteiger partial charge in [-0.25, -0.2) is 0 Å². The van der Waals surface area contributed by atoms with Crippen LogP contribution >= 0.6 is 0 Å². The molecule has 0 saturated carbocycles. The minimum atomic E-state index is -0.0723. The van der Waals surface area contributed by atoms with Crippen LogP contribution in [-0.4, -0.2) is 19.0 Å². The molecule has 0 aromatic heterocycles. The van der Waals surface area contributed by atoms with Crippen LogP contribution in [0.1, 0.15) is 37.6 Å². The van der Waals surface area contributed by atoms with Gasteiger partial charge in [0.25, 0.3) is 0 Å². The van der Waals surface area contributed by atoms with E-state index in [1.807, 2.05) is 30.3 Å². The van der Waals surface area contributed by atoms with Crippen molar-refractivity contribution in [3.05, 3.63) is 59.2 Å². The molecule has 0 spiro atoms. The molecule has 1 aliphatic rings. The summed E-state index contributed by atoms with van der Waals surface area (Å²) in [5, 5.41) is 0. The van der Waals surface area contributed by atoms with Gasteiger partial charge in [-0.05, 0) is 22.6 Å². The van der Waals surface area contributed by atoms with Gasteiger partial charge in [0.15, 0.2) is 5.78 Å². The van der Waals surface area contributed by atoms with Gasteiger partial charge >= 0.3 is 0 Å². The number of methoxy groups -OCH3 is 1. The summed E-state index contributed by atoms with van der Waals surface area (Å²) >= 11 is 0. The molecule has 0 N–H and O–H groups in total. The van der Waals surface area contributed by atoms with Crippen molar-refractivity contribution in [2.45, 2.75) is 33.3 Å². The van der Waals surface area contributed by atoms with E-state index in [1.54, 1.807) is 7.11 Å². The molecule has 2 nitrogen and oxygen atoms in total. The van der Waals surface area contributed by atoms with Gasteiger partial charge in [0.2, 0.25) is 0 Å². The van der Waals surface area contributed by atoms with E-state index in [0.29, 0.717) is 6.42 Å². The number of ether oxygens (including phenoxy) is 1. The molecule has 0 amide bonds. The van der Waals surface area contributed by atoms with Crippen LogP contribution in [0.25, 0.3) is 0 Å². The topological polar surface area (TPSA) is 26.3 Å².